The third-order valence-electron chi connectivity index (χ3n) is 3.75. The molecule has 0 aliphatic heterocycles. The average molecular weight is 488 g/mol. The van der Waals surface area contributed by atoms with E-state index in [2.05, 4.69) is 21.5 Å². The molecule has 4 amide bonds. The third kappa shape index (κ3) is 7.32. The van der Waals surface area contributed by atoms with Gasteiger partial charge in [-0.15, -0.1) is 0 Å². The van der Waals surface area contributed by atoms with Crippen LogP contribution in [0.2, 0.25) is 15.1 Å². The van der Waals surface area contributed by atoms with Crippen molar-refractivity contribution in [2.75, 3.05) is 20.2 Å². The van der Waals surface area contributed by atoms with Crippen LogP contribution in [0.5, 0.6) is 5.75 Å². The Hall–Kier alpha value is -3.01. The Morgan fingerprint density at radius 3 is 2.10 bits per heavy atom. The summed E-state index contributed by atoms with van der Waals surface area (Å²) < 4.78 is 5.06. The normalized spacial score (nSPS) is 10.1. The molecule has 2 aromatic carbocycles. The number of nitrogens with one attached hydrogen (secondary N) is 4. The van der Waals surface area contributed by atoms with E-state index in [0.29, 0.717) is 10.0 Å². The monoisotopic (exact) mass is 486 g/mol. The van der Waals surface area contributed by atoms with Crippen molar-refractivity contribution in [3.05, 3.63) is 62.6 Å². The Morgan fingerprint density at radius 2 is 1.42 bits per heavy atom. The van der Waals surface area contributed by atoms with Gasteiger partial charge >= 0.3 is 0 Å². The zero-order valence-corrected chi connectivity index (χ0v) is 18.3. The maximum Gasteiger partial charge on any atom is 0.273 e. The van der Waals surface area contributed by atoms with Gasteiger partial charge in [0.2, 0.25) is 5.91 Å². The minimum absolute atomic E-state index is 0.114. The van der Waals surface area contributed by atoms with Crippen molar-refractivity contribution < 1.29 is 23.9 Å². The van der Waals surface area contributed by atoms with E-state index in [0.717, 1.165) is 0 Å². The summed E-state index contributed by atoms with van der Waals surface area (Å²) in [5.41, 5.74) is 4.59. The van der Waals surface area contributed by atoms with Crippen LogP contribution >= 0.6 is 34.8 Å². The number of carbonyl (C=O) groups is 4. The van der Waals surface area contributed by atoms with Crippen LogP contribution in [-0.2, 0) is 9.59 Å². The summed E-state index contributed by atoms with van der Waals surface area (Å²) in [4.78, 5) is 47.9. The second-order valence-corrected chi connectivity index (χ2v) is 7.21. The largest absolute Gasteiger partial charge is 0.496 e. The Labute approximate surface area is 192 Å². The molecule has 0 atom stereocenters. The summed E-state index contributed by atoms with van der Waals surface area (Å²) >= 11 is 17.6. The van der Waals surface area contributed by atoms with Crippen LogP contribution < -0.4 is 26.2 Å². The standard InChI is InChI=1S/C19H17Cl3N4O5/c1-31-15-5-3-10(20)6-13(15)19(30)26-25-17(28)9-23-16(27)8-24-18(29)12-4-2-11(21)7-14(12)22/h2-7H,8-9H2,1H3,(H,23,27)(H,24,29)(H,25,28)(H,26,30). The number of halogens is 3. The Bertz CT molecular complexity index is 1020. The van der Waals surface area contributed by atoms with Gasteiger partial charge in [0.15, 0.2) is 0 Å². The lowest BCUT2D eigenvalue weighted by molar-refractivity contribution is -0.125. The highest BCUT2D eigenvalue weighted by atomic mass is 35.5. The summed E-state index contributed by atoms with van der Waals surface area (Å²) in [7, 11) is 1.38. The number of hydrogen-bond acceptors (Lipinski definition) is 5. The van der Waals surface area contributed by atoms with Gasteiger partial charge in [0.1, 0.15) is 5.75 Å². The van der Waals surface area contributed by atoms with Crippen molar-refractivity contribution in [1.29, 1.82) is 0 Å². The fourth-order valence-corrected chi connectivity index (χ4v) is 2.93. The predicted octanol–water partition coefficient (Wildman–Crippen LogP) is 1.96. The first-order valence-electron chi connectivity index (χ1n) is 8.64. The lowest BCUT2D eigenvalue weighted by atomic mass is 10.2. The molecule has 0 saturated heterocycles. The van der Waals surface area contributed by atoms with E-state index in [1.165, 1.54) is 37.4 Å². The highest BCUT2D eigenvalue weighted by molar-refractivity contribution is 6.36. The topological polar surface area (TPSA) is 126 Å². The van der Waals surface area contributed by atoms with E-state index in [4.69, 9.17) is 39.5 Å². The molecule has 4 N–H and O–H groups in total. The Morgan fingerprint density at radius 1 is 0.774 bits per heavy atom. The van der Waals surface area contributed by atoms with Crippen LogP contribution in [-0.4, -0.2) is 43.8 Å². The Balaban J connectivity index is 1.76. The van der Waals surface area contributed by atoms with Crippen LogP contribution in [0.1, 0.15) is 20.7 Å². The fraction of sp³-hybridized carbons (Fsp3) is 0.158. The van der Waals surface area contributed by atoms with Gasteiger partial charge in [0, 0.05) is 10.0 Å². The highest BCUT2D eigenvalue weighted by Crippen LogP contribution is 2.22. The van der Waals surface area contributed by atoms with Crippen molar-refractivity contribution in [1.82, 2.24) is 21.5 Å². The minimum atomic E-state index is -0.699. The molecule has 0 fully saturated rings. The summed E-state index contributed by atoms with van der Waals surface area (Å²) in [6.07, 6.45) is 0. The number of ether oxygens (including phenoxy) is 1. The molecule has 0 saturated carbocycles. The zero-order chi connectivity index (χ0) is 23.0. The van der Waals surface area contributed by atoms with Crippen LogP contribution in [0.15, 0.2) is 36.4 Å². The SMILES string of the molecule is COc1ccc(Cl)cc1C(=O)NNC(=O)CNC(=O)CNC(=O)c1ccc(Cl)cc1Cl. The van der Waals surface area contributed by atoms with Crippen molar-refractivity contribution in [3.8, 4) is 5.75 Å². The summed E-state index contributed by atoms with van der Waals surface area (Å²) in [6, 6.07) is 8.73. The first-order valence-corrected chi connectivity index (χ1v) is 9.77. The van der Waals surface area contributed by atoms with Crippen molar-refractivity contribution in [2.24, 2.45) is 0 Å². The van der Waals surface area contributed by atoms with Gasteiger partial charge in [-0.2, -0.15) is 0 Å². The summed E-state index contributed by atoms with van der Waals surface area (Å²) in [5, 5.41) is 5.47. The summed E-state index contributed by atoms with van der Waals surface area (Å²) in [5.74, 6) is -2.30. The maximum absolute atomic E-state index is 12.2. The molecule has 0 bridgehead atoms. The molecular weight excluding hydrogens is 471 g/mol. The lowest BCUT2D eigenvalue weighted by Gasteiger charge is -2.11. The van der Waals surface area contributed by atoms with Crippen LogP contribution in [0, 0.1) is 0 Å². The van der Waals surface area contributed by atoms with Gasteiger partial charge in [0.05, 0.1) is 36.3 Å². The van der Waals surface area contributed by atoms with Gasteiger partial charge < -0.3 is 15.4 Å². The smallest absolute Gasteiger partial charge is 0.273 e. The molecule has 2 rings (SSSR count). The van der Waals surface area contributed by atoms with E-state index in [1.54, 1.807) is 6.07 Å². The van der Waals surface area contributed by atoms with Crippen molar-refractivity contribution in [2.45, 2.75) is 0 Å². The first kappa shape index (κ1) is 24.3. The number of rotatable bonds is 7. The predicted molar refractivity (Wildman–Crippen MR) is 115 cm³/mol. The molecule has 0 spiro atoms. The van der Waals surface area contributed by atoms with E-state index < -0.39 is 36.7 Å². The summed E-state index contributed by atoms with van der Waals surface area (Å²) in [6.45, 7) is -0.833. The van der Waals surface area contributed by atoms with Crippen molar-refractivity contribution >= 4 is 58.4 Å². The maximum atomic E-state index is 12.2. The molecule has 0 aromatic heterocycles. The second-order valence-electron chi connectivity index (χ2n) is 5.93. The van der Waals surface area contributed by atoms with E-state index in [9.17, 15) is 19.2 Å². The van der Waals surface area contributed by atoms with Gasteiger partial charge in [-0.25, -0.2) is 0 Å². The molecule has 2 aromatic rings. The molecule has 0 heterocycles. The fourth-order valence-electron chi connectivity index (χ4n) is 2.27. The van der Waals surface area contributed by atoms with Gasteiger partial charge in [-0.3, -0.25) is 30.0 Å². The number of hydrogen-bond donors (Lipinski definition) is 4. The van der Waals surface area contributed by atoms with Crippen LogP contribution in [0.3, 0.4) is 0 Å². The molecule has 0 radical (unpaired) electrons. The second kappa shape index (κ2) is 11.4. The quantitative estimate of drug-likeness (QED) is 0.444. The molecule has 0 unspecified atom stereocenters. The third-order valence-corrected chi connectivity index (χ3v) is 4.54. The molecule has 0 aliphatic carbocycles. The number of hydrazine groups is 1. The van der Waals surface area contributed by atoms with Gasteiger partial charge in [0.25, 0.3) is 17.7 Å². The molecular formula is C19H17Cl3N4O5. The first-order chi connectivity index (χ1) is 14.7. The van der Waals surface area contributed by atoms with Crippen molar-refractivity contribution in [3.63, 3.8) is 0 Å². The molecule has 12 heteroatoms. The Kier molecular flexibility index (Phi) is 8.92. The zero-order valence-electron chi connectivity index (χ0n) is 16.1. The van der Waals surface area contributed by atoms with E-state index >= 15 is 0 Å². The molecule has 9 nitrogen and oxygen atoms in total. The van der Waals surface area contributed by atoms with Gasteiger partial charge in [-0.1, -0.05) is 34.8 Å². The van der Waals surface area contributed by atoms with E-state index in [1.807, 2.05) is 0 Å². The highest BCUT2D eigenvalue weighted by Gasteiger charge is 2.15. The average Bonchev–Trinajstić information content (AvgIpc) is 2.74. The number of methoxy groups -OCH3 is 1. The number of benzene rings is 2. The minimum Gasteiger partial charge on any atom is -0.496 e. The molecule has 0 aliphatic rings. The molecule has 164 valence electrons. The number of carbonyl (C=O) groups excluding carboxylic acids is 4. The van der Waals surface area contributed by atoms with Crippen LogP contribution in [0.25, 0.3) is 0 Å². The number of amides is 4. The lowest BCUT2D eigenvalue weighted by Crippen LogP contribution is -2.47. The van der Waals surface area contributed by atoms with Crippen LogP contribution in [0.4, 0.5) is 0 Å². The molecule has 31 heavy (non-hydrogen) atoms. The van der Waals surface area contributed by atoms with E-state index in [-0.39, 0.29) is 21.9 Å². The van der Waals surface area contributed by atoms with Gasteiger partial charge in [-0.05, 0) is 36.4 Å².